The van der Waals surface area contributed by atoms with Gasteiger partial charge in [0.2, 0.25) is 5.91 Å². The highest BCUT2D eigenvalue weighted by molar-refractivity contribution is 6.30. The number of aromatic nitrogens is 1. The first-order valence-electron chi connectivity index (χ1n) is 5.42. The summed E-state index contributed by atoms with van der Waals surface area (Å²) in [7, 11) is 3.32. The molecular weight excluding hydrogens is 256 g/mol. The smallest absolute Gasteiger partial charge is 0.239 e. The molecule has 0 fully saturated rings. The standard InChI is InChI=1S/C11H17ClN4O2/c1-16(7-10(17)14-3-4-18-2)11-9(13)5-8(12)6-15-11/h5-6H,3-4,7,13H2,1-2H3,(H,14,17). The molecule has 0 spiro atoms. The lowest BCUT2D eigenvalue weighted by Crippen LogP contribution is -2.37. The summed E-state index contributed by atoms with van der Waals surface area (Å²) < 4.78 is 4.84. The van der Waals surface area contributed by atoms with Gasteiger partial charge in [0.25, 0.3) is 0 Å². The molecular formula is C11H17ClN4O2. The van der Waals surface area contributed by atoms with Crippen LogP contribution < -0.4 is 16.0 Å². The van der Waals surface area contributed by atoms with E-state index in [4.69, 9.17) is 22.1 Å². The third-order valence-electron chi connectivity index (χ3n) is 2.23. The molecule has 1 aromatic rings. The Balaban J connectivity index is 2.54. The lowest BCUT2D eigenvalue weighted by Gasteiger charge is -2.19. The number of likely N-dealkylation sites (N-methyl/N-ethyl adjacent to an activating group) is 1. The topological polar surface area (TPSA) is 80.5 Å². The zero-order valence-corrected chi connectivity index (χ0v) is 11.2. The highest BCUT2D eigenvalue weighted by Gasteiger charge is 2.11. The Morgan fingerprint density at radius 1 is 1.67 bits per heavy atom. The lowest BCUT2D eigenvalue weighted by atomic mass is 10.3. The minimum absolute atomic E-state index is 0.120. The van der Waals surface area contributed by atoms with Crippen molar-refractivity contribution in [2.75, 3.05) is 44.5 Å². The summed E-state index contributed by atoms with van der Waals surface area (Å²) in [5.74, 6) is 0.409. The Kier molecular flexibility index (Phi) is 5.67. The monoisotopic (exact) mass is 272 g/mol. The molecule has 7 heteroatoms. The molecule has 1 aromatic heterocycles. The number of hydrogen-bond acceptors (Lipinski definition) is 5. The maximum Gasteiger partial charge on any atom is 0.239 e. The van der Waals surface area contributed by atoms with Gasteiger partial charge in [0.05, 0.1) is 23.9 Å². The molecule has 0 unspecified atom stereocenters. The number of hydrogen-bond donors (Lipinski definition) is 2. The van der Waals surface area contributed by atoms with Crippen molar-refractivity contribution in [3.8, 4) is 0 Å². The molecule has 0 radical (unpaired) electrons. The Labute approximate surface area is 111 Å². The van der Waals surface area contributed by atoms with Crippen molar-refractivity contribution in [1.82, 2.24) is 10.3 Å². The number of nitrogen functional groups attached to an aromatic ring is 1. The molecule has 100 valence electrons. The van der Waals surface area contributed by atoms with Gasteiger partial charge < -0.3 is 20.7 Å². The molecule has 0 bridgehead atoms. The zero-order valence-electron chi connectivity index (χ0n) is 10.4. The molecule has 0 aromatic carbocycles. The second-order valence-electron chi connectivity index (χ2n) is 3.77. The number of nitrogens with zero attached hydrogens (tertiary/aromatic N) is 2. The number of ether oxygens (including phenoxy) is 1. The number of pyridine rings is 1. The number of amides is 1. The number of carbonyl (C=O) groups is 1. The lowest BCUT2D eigenvalue weighted by molar-refractivity contribution is -0.119. The zero-order chi connectivity index (χ0) is 13.5. The average Bonchev–Trinajstić information content (AvgIpc) is 2.28. The van der Waals surface area contributed by atoms with E-state index in [-0.39, 0.29) is 12.5 Å². The van der Waals surface area contributed by atoms with Gasteiger partial charge in [-0.15, -0.1) is 0 Å². The summed E-state index contributed by atoms with van der Waals surface area (Å²) in [6.45, 7) is 1.13. The molecule has 18 heavy (non-hydrogen) atoms. The van der Waals surface area contributed by atoms with E-state index in [1.54, 1.807) is 25.1 Å². The van der Waals surface area contributed by atoms with Gasteiger partial charge in [-0.1, -0.05) is 11.6 Å². The fourth-order valence-corrected chi connectivity index (χ4v) is 1.57. The number of rotatable bonds is 6. The average molecular weight is 273 g/mol. The first kappa shape index (κ1) is 14.5. The van der Waals surface area contributed by atoms with Crippen LogP contribution in [0.1, 0.15) is 0 Å². The van der Waals surface area contributed by atoms with E-state index in [0.717, 1.165) is 0 Å². The van der Waals surface area contributed by atoms with Crippen LogP contribution in [0.15, 0.2) is 12.3 Å². The molecule has 0 aliphatic carbocycles. The highest BCUT2D eigenvalue weighted by Crippen LogP contribution is 2.21. The van der Waals surface area contributed by atoms with E-state index < -0.39 is 0 Å². The minimum atomic E-state index is -0.120. The first-order chi connectivity index (χ1) is 8.54. The van der Waals surface area contributed by atoms with Crippen LogP contribution in [0.2, 0.25) is 5.02 Å². The van der Waals surface area contributed by atoms with Crippen LogP contribution >= 0.6 is 11.6 Å². The van der Waals surface area contributed by atoms with E-state index in [9.17, 15) is 4.79 Å². The predicted octanol–water partition coefficient (Wildman–Crippen LogP) is 0.516. The van der Waals surface area contributed by atoms with Gasteiger partial charge in [-0.25, -0.2) is 4.98 Å². The van der Waals surface area contributed by atoms with Crippen LogP contribution in [0.5, 0.6) is 0 Å². The van der Waals surface area contributed by atoms with Gasteiger partial charge in [-0.05, 0) is 6.07 Å². The number of halogens is 1. The highest BCUT2D eigenvalue weighted by atomic mass is 35.5. The molecule has 0 aliphatic heterocycles. The van der Waals surface area contributed by atoms with Crippen molar-refractivity contribution in [2.24, 2.45) is 0 Å². The van der Waals surface area contributed by atoms with Crippen molar-refractivity contribution in [2.45, 2.75) is 0 Å². The minimum Gasteiger partial charge on any atom is -0.396 e. The summed E-state index contributed by atoms with van der Waals surface area (Å²) >= 11 is 5.76. The van der Waals surface area contributed by atoms with Crippen LogP contribution in [0.4, 0.5) is 11.5 Å². The van der Waals surface area contributed by atoms with Crippen molar-refractivity contribution in [3.05, 3.63) is 17.3 Å². The summed E-state index contributed by atoms with van der Waals surface area (Å²) in [6.07, 6.45) is 1.49. The van der Waals surface area contributed by atoms with E-state index in [1.807, 2.05) is 0 Å². The van der Waals surface area contributed by atoms with Crippen LogP contribution in [-0.4, -0.2) is 44.7 Å². The third kappa shape index (κ3) is 4.38. The van der Waals surface area contributed by atoms with Crippen LogP contribution in [0.25, 0.3) is 0 Å². The molecule has 3 N–H and O–H groups in total. The number of carbonyl (C=O) groups excluding carboxylic acids is 1. The number of methoxy groups -OCH3 is 1. The van der Waals surface area contributed by atoms with E-state index in [2.05, 4.69) is 10.3 Å². The Morgan fingerprint density at radius 3 is 3.00 bits per heavy atom. The van der Waals surface area contributed by atoms with Gasteiger partial charge >= 0.3 is 0 Å². The quantitative estimate of drug-likeness (QED) is 0.738. The van der Waals surface area contributed by atoms with Crippen molar-refractivity contribution in [3.63, 3.8) is 0 Å². The molecule has 6 nitrogen and oxygen atoms in total. The summed E-state index contributed by atoms with van der Waals surface area (Å²) in [6, 6.07) is 1.60. The number of nitrogens with one attached hydrogen (secondary N) is 1. The maximum atomic E-state index is 11.6. The Bertz CT molecular complexity index is 414. The Hall–Kier alpha value is -1.53. The molecule has 0 atom stereocenters. The van der Waals surface area contributed by atoms with Gasteiger partial charge in [-0.2, -0.15) is 0 Å². The van der Waals surface area contributed by atoms with Crippen LogP contribution in [-0.2, 0) is 9.53 Å². The second kappa shape index (κ2) is 7.03. The molecule has 0 saturated heterocycles. The first-order valence-corrected chi connectivity index (χ1v) is 5.80. The number of anilines is 2. The van der Waals surface area contributed by atoms with Gasteiger partial charge in [0.15, 0.2) is 5.82 Å². The molecule has 1 rings (SSSR count). The second-order valence-corrected chi connectivity index (χ2v) is 4.20. The van der Waals surface area contributed by atoms with Crippen molar-refractivity contribution < 1.29 is 9.53 Å². The fraction of sp³-hybridized carbons (Fsp3) is 0.455. The molecule has 1 heterocycles. The van der Waals surface area contributed by atoms with Gasteiger partial charge in [-0.3, -0.25) is 4.79 Å². The van der Waals surface area contributed by atoms with E-state index in [1.165, 1.54) is 6.20 Å². The van der Waals surface area contributed by atoms with E-state index in [0.29, 0.717) is 29.7 Å². The summed E-state index contributed by atoms with van der Waals surface area (Å²) in [4.78, 5) is 17.3. The van der Waals surface area contributed by atoms with Gasteiger partial charge in [0.1, 0.15) is 0 Å². The largest absolute Gasteiger partial charge is 0.396 e. The molecule has 0 saturated carbocycles. The van der Waals surface area contributed by atoms with Gasteiger partial charge in [0, 0.05) is 26.9 Å². The fourth-order valence-electron chi connectivity index (χ4n) is 1.41. The Morgan fingerprint density at radius 2 is 2.39 bits per heavy atom. The summed E-state index contributed by atoms with van der Waals surface area (Å²) in [5.41, 5.74) is 6.22. The third-order valence-corrected chi connectivity index (χ3v) is 2.44. The molecule has 0 aliphatic rings. The van der Waals surface area contributed by atoms with Crippen LogP contribution in [0.3, 0.4) is 0 Å². The molecule has 1 amide bonds. The SMILES string of the molecule is COCCNC(=O)CN(C)c1ncc(Cl)cc1N. The van der Waals surface area contributed by atoms with Crippen LogP contribution in [0, 0.1) is 0 Å². The normalized spacial score (nSPS) is 10.2. The summed E-state index contributed by atoms with van der Waals surface area (Å²) in [5, 5.41) is 3.18. The van der Waals surface area contributed by atoms with Crippen molar-refractivity contribution in [1.29, 1.82) is 0 Å². The maximum absolute atomic E-state index is 11.6. The van der Waals surface area contributed by atoms with Crippen molar-refractivity contribution >= 4 is 29.0 Å². The number of nitrogens with two attached hydrogens (primary N) is 1. The van der Waals surface area contributed by atoms with E-state index >= 15 is 0 Å². The predicted molar refractivity (Wildman–Crippen MR) is 71.8 cm³/mol.